The molecule has 0 saturated heterocycles. The fraction of sp³-hybridized carbons (Fsp3) is 0.222. The Morgan fingerprint density at radius 3 is 2.18 bits per heavy atom. The second-order valence-corrected chi connectivity index (χ2v) is 6.12. The van der Waals surface area contributed by atoms with E-state index in [1.165, 1.54) is 29.8 Å². The van der Waals surface area contributed by atoms with Gasteiger partial charge in [0.15, 0.2) is 0 Å². The highest BCUT2D eigenvalue weighted by Gasteiger charge is 2.12. The third-order valence-electron chi connectivity index (χ3n) is 3.29. The van der Waals surface area contributed by atoms with Crippen LogP contribution < -0.4 is 5.43 Å². The summed E-state index contributed by atoms with van der Waals surface area (Å²) in [5.74, 6) is -0.193. The average Bonchev–Trinajstić information content (AvgIpc) is 2.47. The zero-order valence-corrected chi connectivity index (χ0v) is 13.0. The number of amides is 1. The van der Waals surface area contributed by atoms with Crippen molar-refractivity contribution in [3.8, 4) is 5.75 Å². The lowest BCUT2D eigenvalue weighted by molar-refractivity contribution is 0.0955. The maximum absolute atomic E-state index is 11.8. The standard InChI is InChI=1S/C18H20N2O2/c1-18(2,3)15-8-4-13(5-9-15)12-19-20-17(22)14-6-10-16(21)11-7-14/h4-12,21H,1-3H3,(H,20,22)/b19-12-. The molecular formula is C18H20N2O2. The first kappa shape index (κ1) is 15.8. The Balaban J connectivity index is 1.97. The number of hydrogen-bond acceptors (Lipinski definition) is 3. The number of hydrazone groups is 1. The molecule has 0 aliphatic heterocycles. The summed E-state index contributed by atoms with van der Waals surface area (Å²) >= 11 is 0. The number of phenolic OH excluding ortho intramolecular Hbond substituents is 1. The number of carbonyl (C=O) groups excluding carboxylic acids is 1. The molecule has 0 aliphatic rings. The van der Waals surface area contributed by atoms with Gasteiger partial charge < -0.3 is 5.11 Å². The topological polar surface area (TPSA) is 61.7 Å². The summed E-state index contributed by atoms with van der Waals surface area (Å²) in [7, 11) is 0. The van der Waals surface area contributed by atoms with Crippen LogP contribution in [0.3, 0.4) is 0 Å². The van der Waals surface area contributed by atoms with Crippen molar-refractivity contribution in [1.82, 2.24) is 5.43 Å². The second kappa shape index (κ2) is 6.43. The number of nitrogens with zero attached hydrogens (tertiary/aromatic N) is 1. The Labute approximate surface area is 130 Å². The van der Waals surface area contributed by atoms with Gasteiger partial charge in [0, 0.05) is 5.56 Å². The van der Waals surface area contributed by atoms with Crippen LogP contribution in [0.15, 0.2) is 53.6 Å². The van der Waals surface area contributed by atoms with Crippen molar-refractivity contribution in [2.45, 2.75) is 26.2 Å². The first-order chi connectivity index (χ1) is 10.4. The Morgan fingerprint density at radius 2 is 1.64 bits per heavy atom. The quantitative estimate of drug-likeness (QED) is 0.673. The van der Waals surface area contributed by atoms with E-state index in [4.69, 9.17) is 0 Å². The Bertz CT molecular complexity index is 666. The molecule has 0 heterocycles. The molecule has 0 radical (unpaired) electrons. The van der Waals surface area contributed by atoms with Gasteiger partial charge in [-0.25, -0.2) is 5.43 Å². The number of benzene rings is 2. The average molecular weight is 296 g/mol. The molecule has 0 spiro atoms. The van der Waals surface area contributed by atoms with E-state index < -0.39 is 0 Å². The molecule has 22 heavy (non-hydrogen) atoms. The van der Waals surface area contributed by atoms with E-state index in [2.05, 4.69) is 43.4 Å². The normalized spacial score (nSPS) is 11.6. The highest BCUT2D eigenvalue weighted by atomic mass is 16.3. The first-order valence-corrected chi connectivity index (χ1v) is 7.09. The van der Waals surface area contributed by atoms with Gasteiger partial charge in [-0.15, -0.1) is 0 Å². The lowest BCUT2D eigenvalue weighted by Gasteiger charge is -2.18. The van der Waals surface area contributed by atoms with Crippen molar-refractivity contribution in [2.75, 3.05) is 0 Å². The van der Waals surface area contributed by atoms with Crippen molar-refractivity contribution < 1.29 is 9.90 Å². The zero-order chi connectivity index (χ0) is 16.2. The third kappa shape index (κ3) is 4.19. The van der Waals surface area contributed by atoms with E-state index in [0.29, 0.717) is 5.56 Å². The Kier molecular flexibility index (Phi) is 4.61. The zero-order valence-electron chi connectivity index (χ0n) is 13.0. The van der Waals surface area contributed by atoms with Crippen LogP contribution in [0.5, 0.6) is 5.75 Å². The van der Waals surface area contributed by atoms with Crippen LogP contribution in [0.2, 0.25) is 0 Å². The molecule has 114 valence electrons. The Morgan fingerprint density at radius 1 is 1.05 bits per heavy atom. The number of hydrogen-bond donors (Lipinski definition) is 2. The summed E-state index contributed by atoms with van der Waals surface area (Å²) in [6.07, 6.45) is 1.60. The van der Waals surface area contributed by atoms with Crippen LogP contribution in [0.4, 0.5) is 0 Å². The van der Waals surface area contributed by atoms with Crippen molar-refractivity contribution >= 4 is 12.1 Å². The molecule has 4 heteroatoms. The SMILES string of the molecule is CC(C)(C)c1ccc(/C=N\NC(=O)c2ccc(O)cc2)cc1. The van der Waals surface area contributed by atoms with Gasteiger partial charge in [-0.05, 0) is 40.8 Å². The van der Waals surface area contributed by atoms with Crippen molar-refractivity contribution in [3.63, 3.8) is 0 Å². The minimum atomic E-state index is -0.317. The molecule has 2 rings (SSSR count). The molecule has 0 fully saturated rings. The predicted octanol–water partition coefficient (Wildman–Crippen LogP) is 3.45. The molecule has 0 aromatic heterocycles. The highest BCUT2D eigenvalue weighted by Crippen LogP contribution is 2.21. The first-order valence-electron chi connectivity index (χ1n) is 7.09. The van der Waals surface area contributed by atoms with E-state index in [1.54, 1.807) is 6.21 Å². The molecule has 0 saturated carbocycles. The van der Waals surface area contributed by atoms with Crippen LogP contribution in [0, 0.1) is 0 Å². The van der Waals surface area contributed by atoms with Crippen molar-refractivity contribution in [1.29, 1.82) is 0 Å². The molecule has 1 amide bonds. The molecule has 0 unspecified atom stereocenters. The van der Waals surface area contributed by atoms with Gasteiger partial charge in [0.25, 0.3) is 5.91 Å². The summed E-state index contributed by atoms with van der Waals surface area (Å²) in [4.78, 5) is 11.8. The summed E-state index contributed by atoms with van der Waals surface area (Å²) in [5, 5.41) is 13.1. The molecule has 2 aromatic carbocycles. The molecule has 0 atom stereocenters. The second-order valence-electron chi connectivity index (χ2n) is 6.12. The highest BCUT2D eigenvalue weighted by molar-refractivity contribution is 5.94. The van der Waals surface area contributed by atoms with Crippen LogP contribution in [0.25, 0.3) is 0 Å². The minimum Gasteiger partial charge on any atom is -0.508 e. The Hall–Kier alpha value is -2.62. The molecule has 0 aliphatic carbocycles. The van der Waals surface area contributed by atoms with Gasteiger partial charge in [-0.1, -0.05) is 45.0 Å². The fourth-order valence-electron chi connectivity index (χ4n) is 1.91. The van der Waals surface area contributed by atoms with Gasteiger partial charge in [-0.3, -0.25) is 4.79 Å². The van der Waals surface area contributed by atoms with Gasteiger partial charge in [0.1, 0.15) is 5.75 Å². The van der Waals surface area contributed by atoms with E-state index >= 15 is 0 Å². The van der Waals surface area contributed by atoms with Gasteiger partial charge >= 0.3 is 0 Å². The van der Waals surface area contributed by atoms with Crippen LogP contribution in [-0.2, 0) is 5.41 Å². The molecule has 2 N–H and O–H groups in total. The summed E-state index contributed by atoms with van der Waals surface area (Å²) in [6, 6.07) is 14.1. The molecule has 0 bridgehead atoms. The predicted molar refractivity (Wildman–Crippen MR) is 88.3 cm³/mol. The lowest BCUT2D eigenvalue weighted by atomic mass is 9.87. The maximum atomic E-state index is 11.8. The lowest BCUT2D eigenvalue weighted by Crippen LogP contribution is -2.17. The maximum Gasteiger partial charge on any atom is 0.271 e. The van der Waals surface area contributed by atoms with Gasteiger partial charge in [0.2, 0.25) is 0 Å². The van der Waals surface area contributed by atoms with E-state index in [1.807, 2.05) is 12.1 Å². The van der Waals surface area contributed by atoms with Crippen LogP contribution in [-0.4, -0.2) is 17.2 Å². The number of nitrogens with one attached hydrogen (secondary N) is 1. The van der Waals surface area contributed by atoms with E-state index in [9.17, 15) is 9.90 Å². The van der Waals surface area contributed by atoms with Gasteiger partial charge in [-0.2, -0.15) is 5.10 Å². The van der Waals surface area contributed by atoms with Crippen LogP contribution in [0.1, 0.15) is 42.3 Å². The van der Waals surface area contributed by atoms with Crippen molar-refractivity contribution in [2.24, 2.45) is 5.10 Å². The third-order valence-corrected chi connectivity index (χ3v) is 3.29. The largest absolute Gasteiger partial charge is 0.508 e. The van der Waals surface area contributed by atoms with E-state index in [-0.39, 0.29) is 17.1 Å². The minimum absolute atomic E-state index is 0.114. The monoisotopic (exact) mass is 296 g/mol. The number of aromatic hydroxyl groups is 1. The number of rotatable bonds is 3. The molecular weight excluding hydrogens is 276 g/mol. The summed E-state index contributed by atoms with van der Waals surface area (Å²) < 4.78 is 0. The summed E-state index contributed by atoms with van der Waals surface area (Å²) in [6.45, 7) is 6.48. The van der Waals surface area contributed by atoms with Crippen LogP contribution >= 0.6 is 0 Å². The fourth-order valence-corrected chi connectivity index (χ4v) is 1.91. The number of phenols is 1. The van der Waals surface area contributed by atoms with Gasteiger partial charge in [0.05, 0.1) is 6.21 Å². The number of carbonyl (C=O) groups is 1. The molecule has 4 nitrogen and oxygen atoms in total. The van der Waals surface area contributed by atoms with Crippen molar-refractivity contribution in [3.05, 3.63) is 65.2 Å². The summed E-state index contributed by atoms with van der Waals surface area (Å²) in [5.41, 5.74) is 5.18. The van der Waals surface area contributed by atoms with E-state index in [0.717, 1.165) is 5.56 Å². The molecule has 2 aromatic rings. The smallest absolute Gasteiger partial charge is 0.271 e.